The Morgan fingerprint density at radius 3 is 2.74 bits per heavy atom. The average Bonchev–Trinajstić information content (AvgIpc) is 2.75. The fourth-order valence-corrected chi connectivity index (χ4v) is 2.92. The Hall–Kier alpha value is -0.550. The molecule has 0 aliphatic carbocycles. The van der Waals surface area contributed by atoms with Crippen molar-refractivity contribution in [2.75, 3.05) is 0 Å². The molecule has 19 heavy (non-hydrogen) atoms. The molecular weight excluding hydrogens is 349 g/mol. The molecule has 102 valence electrons. The van der Waals surface area contributed by atoms with Gasteiger partial charge >= 0.3 is 0 Å². The van der Waals surface area contributed by atoms with E-state index < -0.39 is 0 Å². The predicted octanol–water partition coefficient (Wildman–Crippen LogP) is 4.21. The predicted molar refractivity (Wildman–Crippen MR) is 82.7 cm³/mol. The molecule has 0 aliphatic rings. The molecule has 6 heteroatoms. The summed E-state index contributed by atoms with van der Waals surface area (Å²) in [4.78, 5) is 0. The molecule has 2 rings (SSSR count). The highest BCUT2D eigenvalue weighted by Gasteiger charge is 2.16. The smallest absolute Gasteiger partial charge is 0.0696 e. The Labute approximate surface area is 130 Å². The van der Waals surface area contributed by atoms with E-state index in [-0.39, 0.29) is 6.04 Å². The van der Waals surface area contributed by atoms with Gasteiger partial charge in [0, 0.05) is 6.54 Å². The normalized spacial score (nSPS) is 12.7. The molecule has 2 N–H and O–H groups in total. The van der Waals surface area contributed by atoms with Crippen LogP contribution >= 0.6 is 39.1 Å². The molecule has 0 bridgehead atoms. The molecule has 1 aromatic carbocycles. The lowest BCUT2D eigenvalue weighted by molar-refractivity contribution is 0.567. The van der Waals surface area contributed by atoms with Crippen LogP contribution in [0.2, 0.25) is 10.0 Å². The van der Waals surface area contributed by atoms with Gasteiger partial charge in [-0.05, 0) is 47.0 Å². The number of rotatable bonds is 4. The number of aromatic nitrogens is 2. The van der Waals surface area contributed by atoms with E-state index in [1.165, 1.54) is 0 Å². The Morgan fingerprint density at radius 2 is 2.11 bits per heavy atom. The van der Waals surface area contributed by atoms with E-state index in [0.29, 0.717) is 16.5 Å². The minimum absolute atomic E-state index is 0.144. The second-order valence-electron chi connectivity index (χ2n) is 4.25. The van der Waals surface area contributed by atoms with Gasteiger partial charge in [-0.2, -0.15) is 5.10 Å². The van der Waals surface area contributed by atoms with E-state index in [0.717, 1.165) is 22.3 Å². The second-order valence-corrected chi connectivity index (χ2v) is 5.92. The van der Waals surface area contributed by atoms with Crippen molar-refractivity contribution in [1.29, 1.82) is 0 Å². The zero-order valence-electron chi connectivity index (χ0n) is 10.4. The molecule has 3 nitrogen and oxygen atoms in total. The highest BCUT2D eigenvalue weighted by molar-refractivity contribution is 9.10. The van der Waals surface area contributed by atoms with Crippen molar-refractivity contribution >= 4 is 39.1 Å². The largest absolute Gasteiger partial charge is 0.322 e. The SMILES string of the molecule is CCn1ncc(Br)c1C(N)Cc1ccc(Cl)c(Cl)c1. The summed E-state index contributed by atoms with van der Waals surface area (Å²) in [5, 5.41) is 5.38. The van der Waals surface area contributed by atoms with Crippen molar-refractivity contribution in [3.05, 3.63) is 50.2 Å². The third-order valence-electron chi connectivity index (χ3n) is 2.92. The van der Waals surface area contributed by atoms with Gasteiger partial charge in [-0.3, -0.25) is 4.68 Å². The number of hydrogen-bond acceptors (Lipinski definition) is 2. The number of halogens is 3. The van der Waals surface area contributed by atoms with Gasteiger partial charge in [0.2, 0.25) is 0 Å². The topological polar surface area (TPSA) is 43.8 Å². The molecule has 0 saturated heterocycles. The van der Waals surface area contributed by atoms with E-state index in [2.05, 4.69) is 21.0 Å². The van der Waals surface area contributed by atoms with Crippen LogP contribution in [0.4, 0.5) is 0 Å². The van der Waals surface area contributed by atoms with Crippen LogP contribution in [0, 0.1) is 0 Å². The average molecular weight is 363 g/mol. The number of benzene rings is 1. The molecule has 1 heterocycles. The lowest BCUT2D eigenvalue weighted by atomic mass is 10.0. The summed E-state index contributed by atoms with van der Waals surface area (Å²) < 4.78 is 2.83. The lowest BCUT2D eigenvalue weighted by Crippen LogP contribution is -2.18. The summed E-state index contributed by atoms with van der Waals surface area (Å²) in [5.74, 6) is 0. The van der Waals surface area contributed by atoms with Gasteiger partial charge in [-0.1, -0.05) is 29.3 Å². The van der Waals surface area contributed by atoms with E-state index in [9.17, 15) is 0 Å². The van der Waals surface area contributed by atoms with E-state index in [1.54, 1.807) is 12.3 Å². The van der Waals surface area contributed by atoms with Crippen molar-refractivity contribution < 1.29 is 0 Å². The summed E-state index contributed by atoms with van der Waals surface area (Å²) in [6.45, 7) is 2.82. The molecule has 0 aliphatic heterocycles. The number of nitrogens with two attached hydrogens (primary N) is 1. The second kappa shape index (κ2) is 6.27. The van der Waals surface area contributed by atoms with Crippen LogP contribution < -0.4 is 5.73 Å². The maximum atomic E-state index is 6.27. The van der Waals surface area contributed by atoms with Crippen molar-refractivity contribution in [1.82, 2.24) is 9.78 Å². The zero-order chi connectivity index (χ0) is 14.0. The Kier molecular flexibility index (Phi) is 4.90. The lowest BCUT2D eigenvalue weighted by Gasteiger charge is -2.14. The van der Waals surface area contributed by atoms with Crippen molar-refractivity contribution in [2.45, 2.75) is 25.9 Å². The highest BCUT2D eigenvalue weighted by atomic mass is 79.9. The fourth-order valence-electron chi connectivity index (χ4n) is 2.01. The van der Waals surface area contributed by atoms with Gasteiger partial charge in [0.05, 0.1) is 32.5 Å². The third-order valence-corrected chi connectivity index (χ3v) is 4.27. The minimum atomic E-state index is -0.144. The van der Waals surface area contributed by atoms with Gasteiger partial charge < -0.3 is 5.73 Å². The molecule has 2 aromatic rings. The quantitative estimate of drug-likeness (QED) is 0.884. The standard InChI is InChI=1S/C13H14BrCl2N3/c1-2-19-13(9(14)7-18-19)12(17)6-8-3-4-10(15)11(16)5-8/h3-5,7,12H,2,6,17H2,1H3. The molecule has 0 fully saturated rings. The Bertz CT molecular complexity index is 583. The summed E-state index contributed by atoms with van der Waals surface area (Å²) >= 11 is 15.4. The molecule has 0 amide bonds. The zero-order valence-corrected chi connectivity index (χ0v) is 13.5. The Morgan fingerprint density at radius 1 is 1.37 bits per heavy atom. The molecule has 0 radical (unpaired) electrons. The Balaban J connectivity index is 2.22. The number of aryl methyl sites for hydroxylation is 1. The number of hydrogen-bond donors (Lipinski definition) is 1. The van der Waals surface area contributed by atoms with Crippen LogP contribution in [0.5, 0.6) is 0 Å². The van der Waals surface area contributed by atoms with E-state index >= 15 is 0 Å². The van der Waals surface area contributed by atoms with Crippen LogP contribution in [0.3, 0.4) is 0 Å². The molecule has 0 spiro atoms. The highest BCUT2D eigenvalue weighted by Crippen LogP contribution is 2.27. The van der Waals surface area contributed by atoms with Crippen LogP contribution in [0.25, 0.3) is 0 Å². The van der Waals surface area contributed by atoms with Crippen LogP contribution in [-0.2, 0) is 13.0 Å². The van der Waals surface area contributed by atoms with Gasteiger partial charge in [0.15, 0.2) is 0 Å². The van der Waals surface area contributed by atoms with Crippen LogP contribution in [-0.4, -0.2) is 9.78 Å². The maximum absolute atomic E-state index is 6.27. The van der Waals surface area contributed by atoms with Crippen LogP contribution in [0.1, 0.15) is 24.2 Å². The first kappa shape index (κ1) is 14.9. The van der Waals surface area contributed by atoms with E-state index in [4.69, 9.17) is 28.9 Å². The third kappa shape index (κ3) is 3.31. The number of nitrogens with zero attached hydrogens (tertiary/aromatic N) is 2. The molecule has 0 saturated carbocycles. The first-order valence-electron chi connectivity index (χ1n) is 5.93. The van der Waals surface area contributed by atoms with Crippen molar-refractivity contribution in [3.8, 4) is 0 Å². The maximum Gasteiger partial charge on any atom is 0.0696 e. The summed E-state index contributed by atoms with van der Waals surface area (Å²) in [6, 6.07) is 5.44. The fraction of sp³-hybridized carbons (Fsp3) is 0.308. The molecule has 1 atom stereocenters. The first-order chi connectivity index (χ1) is 9.02. The monoisotopic (exact) mass is 361 g/mol. The van der Waals surface area contributed by atoms with Gasteiger partial charge in [-0.25, -0.2) is 0 Å². The summed E-state index contributed by atoms with van der Waals surface area (Å²) in [7, 11) is 0. The minimum Gasteiger partial charge on any atom is -0.322 e. The van der Waals surface area contributed by atoms with Gasteiger partial charge in [0.25, 0.3) is 0 Å². The van der Waals surface area contributed by atoms with Crippen LogP contribution in [0.15, 0.2) is 28.9 Å². The summed E-state index contributed by atoms with van der Waals surface area (Å²) in [5.41, 5.74) is 8.32. The van der Waals surface area contributed by atoms with Gasteiger partial charge in [-0.15, -0.1) is 0 Å². The van der Waals surface area contributed by atoms with Crippen molar-refractivity contribution in [3.63, 3.8) is 0 Å². The van der Waals surface area contributed by atoms with Crippen molar-refractivity contribution in [2.24, 2.45) is 5.73 Å². The molecule has 1 aromatic heterocycles. The molecule has 1 unspecified atom stereocenters. The molecular formula is C13H14BrCl2N3. The van der Waals surface area contributed by atoms with E-state index in [1.807, 2.05) is 23.7 Å². The first-order valence-corrected chi connectivity index (χ1v) is 7.48. The van der Waals surface area contributed by atoms with Gasteiger partial charge in [0.1, 0.15) is 0 Å². The summed E-state index contributed by atoms with van der Waals surface area (Å²) in [6.07, 6.45) is 2.45.